The summed E-state index contributed by atoms with van der Waals surface area (Å²) in [4.78, 5) is 6.71. The zero-order valence-electron chi connectivity index (χ0n) is 4.87. The molecule has 0 N–H and O–H groups in total. The standard InChI is InChI=1S/C6H6N2S/c1-7-5-3-4-6(8-2)9-5/h5-6H,3-4H2. The van der Waals surface area contributed by atoms with Gasteiger partial charge in [-0.25, -0.2) is 13.1 Å². The van der Waals surface area contributed by atoms with Gasteiger partial charge in [0.15, 0.2) is 0 Å². The van der Waals surface area contributed by atoms with Gasteiger partial charge in [-0.3, -0.25) is 0 Å². The minimum absolute atomic E-state index is 0.0732. The third kappa shape index (κ3) is 1.37. The highest BCUT2D eigenvalue weighted by Gasteiger charge is 2.33. The molecule has 0 amide bonds. The van der Waals surface area contributed by atoms with Gasteiger partial charge < -0.3 is 9.69 Å². The Morgan fingerprint density at radius 3 is 1.78 bits per heavy atom. The van der Waals surface area contributed by atoms with Gasteiger partial charge in [-0.15, -0.1) is 0 Å². The van der Waals surface area contributed by atoms with Crippen LogP contribution in [0.5, 0.6) is 0 Å². The molecule has 1 aliphatic heterocycles. The van der Waals surface area contributed by atoms with Crippen molar-refractivity contribution in [3.05, 3.63) is 22.8 Å². The molecular formula is C6H6N2S. The monoisotopic (exact) mass is 138 g/mol. The zero-order chi connectivity index (χ0) is 6.69. The second kappa shape index (κ2) is 2.75. The highest BCUT2D eigenvalue weighted by molar-refractivity contribution is 8.01. The Bertz CT molecular complexity index is 156. The van der Waals surface area contributed by atoms with Crippen LogP contribution in [0.2, 0.25) is 0 Å². The van der Waals surface area contributed by atoms with Crippen molar-refractivity contribution in [1.82, 2.24) is 0 Å². The average Bonchev–Trinajstić information content (AvgIpc) is 2.34. The topological polar surface area (TPSA) is 8.72 Å². The largest absolute Gasteiger partial charge is 0.302 e. The molecule has 1 saturated heterocycles. The Morgan fingerprint density at radius 2 is 1.56 bits per heavy atom. The smallest absolute Gasteiger partial charge is 0.276 e. The van der Waals surface area contributed by atoms with Crippen molar-refractivity contribution < 1.29 is 0 Å². The van der Waals surface area contributed by atoms with Gasteiger partial charge in [-0.05, 0) is 0 Å². The minimum Gasteiger partial charge on any atom is -0.302 e. The summed E-state index contributed by atoms with van der Waals surface area (Å²) in [7, 11) is 0. The summed E-state index contributed by atoms with van der Waals surface area (Å²) in [5, 5.41) is 0.146. The molecule has 0 aliphatic carbocycles. The molecule has 0 aromatic rings. The van der Waals surface area contributed by atoms with Gasteiger partial charge in [-0.1, -0.05) is 0 Å². The Morgan fingerprint density at radius 1 is 1.11 bits per heavy atom. The van der Waals surface area contributed by atoms with Gasteiger partial charge in [0.25, 0.3) is 10.7 Å². The predicted octanol–water partition coefficient (Wildman–Crippen LogP) is 2.00. The van der Waals surface area contributed by atoms with E-state index in [1.54, 1.807) is 0 Å². The molecule has 1 rings (SSSR count). The number of hydrogen-bond donors (Lipinski definition) is 0. The predicted molar refractivity (Wildman–Crippen MR) is 37.6 cm³/mol. The van der Waals surface area contributed by atoms with E-state index in [-0.39, 0.29) is 10.7 Å². The lowest BCUT2D eigenvalue weighted by atomic mass is 10.3. The van der Waals surface area contributed by atoms with Crippen LogP contribution in [0.3, 0.4) is 0 Å². The quantitative estimate of drug-likeness (QED) is 0.465. The fourth-order valence-corrected chi connectivity index (χ4v) is 1.82. The minimum atomic E-state index is 0.0732. The van der Waals surface area contributed by atoms with Gasteiger partial charge >= 0.3 is 0 Å². The van der Waals surface area contributed by atoms with Crippen molar-refractivity contribution in [3.8, 4) is 0 Å². The first-order chi connectivity index (χ1) is 4.36. The molecule has 1 aliphatic rings. The number of rotatable bonds is 0. The maximum Gasteiger partial charge on any atom is 0.276 e. The van der Waals surface area contributed by atoms with Crippen LogP contribution in [0.4, 0.5) is 0 Å². The SMILES string of the molecule is [C-]#[N+]C1CCC([N+]#[C-])S1. The van der Waals surface area contributed by atoms with Crippen LogP contribution in [-0.4, -0.2) is 10.7 Å². The summed E-state index contributed by atoms with van der Waals surface area (Å²) in [5.74, 6) is 0. The molecule has 0 saturated carbocycles. The Labute approximate surface area is 58.9 Å². The van der Waals surface area contributed by atoms with Crippen molar-refractivity contribution in [2.45, 2.75) is 23.6 Å². The third-order valence-electron chi connectivity index (χ3n) is 1.26. The van der Waals surface area contributed by atoms with E-state index in [4.69, 9.17) is 13.1 Å². The first-order valence-electron chi connectivity index (χ1n) is 2.75. The molecule has 0 spiro atoms. The molecule has 2 nitrogen and oxygen atoms in total. The average molecular weight is 138 g/mol. The van der Waals surface area contributed by atoms with Crippen LogP contribution in [0.25, 0.3) is 9.69 Å². The van der Waals surface area contributed by atoms with E-state index < -0.39 is 0 Å². The molecule has 0 aromatic heterocycles. The molecule has 46 valence electrons. The van der Waals surface area contributed by atoms with Gasteiger partial charge in [0.2, 0.25) is 0 Å². The van der Waals surface area contributed by atoms with Crippen LogP contribution in [0, 0.1) is 13.1 Å². The normalized spacial score (nSPS) is 33.1. The van der Waals surface area contributed by atoms with Gasteiger partial charge in [0.05, 0.1) is 0 Å². The van der Waals surface area contributed by atoms with E-state index in [1.807, 2.05) is 0 Å². The van der Waals surface area contributed by atoms with Crippen LogP contribution in [0.15, 0.2) is 0 Å². The van der Waals surface area contributed by atoms with Crippen LogP contribution >= 0.6 is 11.8 Å². The summed E-state index contributed by atoms with van der Waals surface area (Å²) in [6.07, 6.45) is 1.81. The highest BCUT2D eigenvalue weighted by atomic mass is 32.2. The molecule has 0 bridgehead atoms. The molecule has 0 radical (unpaired) electrons. The second-order valence-corrected chi connectivity index (χ2v) is 3.24. The lowest BCUT2D eigenvalue weighted by Gasteiger charge is -1.87. The van der Waals surface area contributed by atoms with E-state index >= 15 is 0 Å². The summed E-state index contributed by atoms with van der Waals surface area (Å²) in [5.41, 5.74) is 0. The van der Waals surface area contributed by atoms with Crippen molar-refractivity contribution in [1.29, 1.82) is 0 Å². The Hall–Kier alpha value is -0.670. The maximum absolute atomic E-state index is 6.67. The second-order valence-electron chi connectivity index (χ2n) is 1.88. The first kappa shape index (κ1) is 6.45. The Balaban J connectivity index is 2.42. The molecule has 1 fully saturated rings. The maximum atomic E-state index is 6.67. The van der Waals surface area contributed by atoms with Crippen molar-refractivity contribution in [3.63, 3.8) is 0 Å². The van der Waals surface area contributed by atoms with E-state index in [9.17, 15) is 0 Å². The van der Waals surface area contributed by atoms with Gasteiger partial charge in [0.1, 0.15) is 0 Å². The Kier molecular flexibility index (Phi) is 1.97. The zero-order valence-corrected chi connectivity index (χ0v) is 5.69. The van der Waals surface area contributed by atoms with Crippen LogP contribution < -0.4 is 0 Å². The fraction of sp³-hybridized carbons (Fsp3) is 0.667. The first-order valence-corrected chi connectivity index (χ1v) is 3.69. The lowest BCUT2D eigenvalue weighted by Crippen LogP contribution is -1.85. The molecule has 0 aromatic carbocycles. The third-order valence-corrected chi connectivity index (χ3v) is 2.57. The van der Waals surface area contributed by atoms with Gasteiger partial charge in [0, 0.05) is 24.6 Å². The van der Waals surface area contributed by atoms with E-state index in [0.29, 0.717) is 0 Å². The molecule has 1 heterocycles. The summed E-state index contributed by atoms with van der Waals surface area (Å²) >= 11 is 1.50. The molecule has 2 unspecified atom stereocenters. The summed E-state index contributed by atoms with van der Waals surface area (Å²) < 4.78 is 0. The molecule has 2 atom stereocenters. The van der Waals surface area contributed by atoms with Crippen LogP contribution in [-0.2, 0) is 0 Å². The lowest BCUT2D eigenvalue weighted by molar-refractivity contribution is 0.830. The van der Waals surface area contributed by atoms with Gasteiger partial charge in [-0.2, -0.15) is 0 Å². The van der Waals surface area contributed by atoms with Crippen molar-refractivity contribution in [2.75, 3.05) is 0 Å². The summed E-state index contributed by atoms with van der Waals surface area (Å²) in [6.45, 7) is 13.3. The molecule has 9 heavy (non-hydrogen) atoms. The number of thioether (sulfide) groups is 1. The van der Waals surface area contributed by atoms with Crippen molar-refractivity contribution >= 4 is 11.8 Å². The molecule has 3 heteroatoms. The fourth-order valence-electron chi connectivity index (χ4n) is 0.793. The van der Waals surface area contributed by atoms with Crippen molar-refractivity contribution in [2.24, 2.45) is 0 Å². The van der Waals surface area contributed by atoms with E-state index in [2.05, 4.69) is 9.69 Å². The number of hydrogen-bond acceptors (Lipinski definition) is 1. The van der Waals surface area contributed by atoms with E-state index in [1.165, 1.54) is 11.8 Å². The number of nitrogens with zero attached hydrogens (tertiary/aromatic N) is 2. The highest BCUT2D eigenvalue weighted by Crippen LogP contribution is 2.34. The van der Waals surface area contributed by atoms with Crippen LogP contribution in [0.1, 0.15) is 12.8 Å². The molecular weight excluding hydrogens is 132 g/mol. The van der Waals surface area contributed by atoms with E-state index in [0.717, 1.165) is 12.8 Å². The summed E-state index contributed by atoms with van der Waals surface area (Å²) in [6, 6.07) is 0.